The first-order valence-electron chi connectivity index (χ1n) is 7.42. The molecule has 25 heavy (non-hydrogen) atoms. The van der Waals surface area contributed by atoms with Crippen molar-refractivity contribution in [1.82, 2.24) is 4.98 Å². The summed E-state index contributed by atoms with van der Waals surface area (Å²) >= 11 is 1.19. The second-order valence-corrected chi connectivity index (χ2v) is 6.68. The zero-order valence-corrected chi connectivity index (χ0v) is 13.9. The second kappa shape index (κ2) is 7.14. The number of nitrogens with zero attached hydrogens (tertiary/aromatic N) is 1. The van der Waals surface area contributed by atoms with E-state index >= 15 is 0 Å². The molecule has 0 bridgehead atoms. The Morgan fingerprint density at radius 1 is 1.04 bits per heavy atom. The van der Waals surface area contributed by atoms with E-state index in [2.05, 4.69) is 10.3 Å². The quantitative estimate of drug-likeness (QED) is 0.537. The molecule has 3 aromatic rings. The number of hydrogen-bond donors (Lipinski definition) is 1. The van der Waals surface area contributed by atoms with Crippen LogP contribution < -0.4 is 5.32 Å². The van der Waals surface area contributed by atoms with Crippen LogP contribution in [0.2, 0.25) is 0 Å². The first-order chi connectivity index (χ1) is 12.0. The van der Waals surface area contributed by atoms with Crippen LogP contribution in [0.4, 0.5) is 18.9 Å². The molecule has 0 aliphatic carbocycles. The molecule has 1 N–H and O–H groups in total. The van der Waals surface area contributed by atoms with Gasteiger partial charge >= 0.3 is 0 Å². The summed E-state index contributed by atoms with van der Waals surface area (Å²) in [6, 6.07) is 13.0. The number of nitrogens with one attached hydrogen (secondary N) is 1. The zero-order valence-electron chi connectivity index (χ0n) is 13.1. The van der Waals surface area contributed by atoms with Crippen LogP contribution in [-0.4, -0.2) is 16.1 Å². The van der Waals surface area contributed by atoms with Crippen LogP contribution in [0, 0.1) is 17.5 Å². The van der Waals surface area contributed by atoms with Gasteiger partial charge in [0.05, 0.1) is 21.5 Å². The Hall–Kier alpha value is -2.54. The largest absolute Gasteiger partial charge is 0.323 e. The van der Waals surface area contributed by atoms with Gasteiger partial charge in [0.2, 0.25) is 5.91 Å². The van der Waals surface area contributed by atoms with Crippen LogP contribution in [0.3, 0.4) is 0 Å². The summed E-state index contributed by atoms with van der Waals surface area (Å²) in [4.78, 5) is 16.6. The summed E-state index contributed by atoms with van der Waals surface area (Å²) in [6.45, 7) is 1.62. The third kappa shape index (κ3) is 3.76. The number of para-hydroxylation sites is 1. The third-order valence-corrected chi connectivity index (χ3v) is 4.57. The molecule has 128 valence electrons. The number of carbonyl (C=O) groups is 1. The third-order valence-electron chi connectivity index (χ3n) is 3.53. The molecule has 1 atom stereocenters. The minimum Gasteiger partial charge on any atom is -0.323 e. The van der Waals surface area contributed by atoms with Gasteiger partial charge in [-0.1, -0.05) is 36.0 Å². The number of halogens is 3. The average molecular weight is 362 g/mol. The predicted molar refractivity (Wildman–Crippen MR) is 92.0 cm³/mol. The summed E-state index contributed by atoms with van der Waals surface area (Å²) < 4.78 is 39.8. The van der Waals surface area contributed by atoms with Gasteiger partial charge < -0.3 is 5.32 Å². The minimum atomic E-state index is -1.62. The number of thioether (sulfide) groups is 1. The van der Waals surface area contributed by atoms with E-state index in [1.807, 2.05) is 30.3 Å². The molecule has 0 radical (unpaired) electrons. The van der Waals surface area contributed by atoms with E-state index < -0.39 is 34.3 Å². The molecule has 1 aromatic heterocycles. The van der Waals surface area contributed by atoms with Gasteiger partial charge in [-0.25, -0.2) is 18.2 Å². The van der Waals surface area contributed by atoms with Gasteiger partial charge in [-0.15, -0.1) is 0 Å². The molecule has 0 fully saturated rings. The first-order valence-corrected chi connectivity index (χ1v) is 8.30. The van der Waals surface area contributed by atoms with Crippen molar-refractivity contribution in [2.75, 3.05) is 5.32 Å². The van der Waals surface area contributed by atoms with Gasteiger partial charge in [0.15, 0.2) is 17.5 Å². The van der Waals surface area contributed by atoms with Gasteiger partial charge in [0.25, 0.3) is 0 Å². The number of carbonyl (C=O) groups excluding carboxylic acids is 1. The molecule has 7 heteroatoms. The summed E-state index contributed by atoms with van der Waals surface area (Å²) in [6.07, 6.45) is 0. The Bertz CT molecular complexity index is 949. The number of benzene rings is 2. The minimum absolute atomic E-state index is 0.400. The number of fused-ring (bicyclic) bond motifs is 1. The normalized spacial score (nSPS) is 12.2. The van der Waals surface area contributed by atoms with Crippen LogP contribution in [0.15, 0.2) is 53.6 Å². The average Bonchev–Trinajstić information content (AvgIpc) is 2.62. The fraction of sp³-hybridized carbons (Fsp3) is 0.111. The monoisotopic (exact) mass is 362 g/mol. The highest BCUT2D eigenvalue weighted by Gasteiger charge is 2.19. The molecular weight excluding hydrogens is 349 g/mol. The van der Waals surface area contributed by atoms with Crippen LogP contribution >= 0.6 is 11.8 Å². The van der Waals surface area contributed by atoms with Gasteiger partial charge in [-0.05, 0) is 31.2 Å². The molecule has 3 rings (SSSR count). The van der Waals surface area contributed by atoms with Crippen LogP contribution in [-0.2, 0) is 4.79 Å². The molecule has 0 aliphatic rings. The molecule has 0 aliphatic heterocycles. The van der Waals surface area contributed by atoms with Crippen molar-refractivity contribution in [1.29, 1.82) is 0 Å². The van der Waals surface area contributed by atoms with Gasteiger partial charge in [0.1, 0.15) is 0 Å². The Balaban J connectivity index is 1.73. The predicted octanol–water partition coefficient (Wildman–Crippen LogP) is 4.77. The van der Waals surface area contributed by atoms with E-state index in [9.17, 15) is 18.0 Å². The fourth-order valence-electron chi connectivity index (χ4n) is 2.20. The van der Waals surface area contributed by atoms with Crippen molar-refractivity contribution in [2.24, 2.45) is 0 Å². The standard InChI is InChI=1S/C18H13F3N2OS/c1-10(18(24)23-14-8-7-12(19)16(20)17(14)21)25-15-9-6-11-4-2-3-5-13(11)22-15/h2-10H,1H3,(H,23,24)/t10-/m1/s1. The Labute approximate surface area is 146 Å². The van der Waals surface area contributed by atoms with Crippen molar-refractivity contribution in [3.63, 3.8) is 0 Å². The Morgan fingerprint density at radius 2 is 1.80 bits per heavy atom. The number of hydrogen-bond acceptors (Lipinski definition) is 3. The van der Waals surface area contributed by atoms with Crippen molar-refractivity contribution in [2.45, 2.75) is 17.2 Å². The number of rotatable bonds is 4. The molecule has 0 spiro atoms. The highest BCUT2D eigenvalue weighted by molar-refractivity contribution is 8.00. The van der Waals surface area contributed by atoms with Crippen LogP contribution in [0.5, 0.6) is 0 Å². The smallest absolute Gasteiger partial charge is 0.237 e. The summed E-state index contributed by atoms with van der Waals surface area (Å²) in [7, 11) is 0. The summed E-state index contributed by atoms with van der Waals surface area (Å²) in [5, 5.41) is 3.27. The van der Waals surface area contributed by atoms with E-state index in [-0.39, 0.29) is 0 Å². The summed E-state index contributed by atoms with van der Waals surface area (Å²) in [5.74, 6) is -4.88. The lowest BCUT2D eigenvalue weighted by molar-refractivity contribution is -0.115. The molecule has 0 unspecified atom stereocenters. The Morgan fingerprint density at radius 3 is 2.60 bits per heavy atom. The Kier molecular flexibility index (Phi) is 4.94. The van der Waals surface area contributed by atoms with E-state index in [0.717, 1.165) is 23.0 Å². The van der Waals surface area contributed by atoms with Crippen LogP contribution in [0.1, 0.15) is 6.92 Å². The topological polar surface area (TPSA) is 42.0 Å². The maximum Gasteiger partial charge on any atom is 0.237 e. The van der Waals surface area contributed by atoms with Crippen molar-refractivity contribution in [3.8, 4) is 0 Å². The molecule has 0 saturated heterocycles. The van der Waals surface area contributed by atoms with Gasteiger partial charge in [-0.2, -0.15) is 0 Å². The molecule has 2 aromatic carbocycles. The number of amides is 1. The maximum atomic E-state index is 13.6. The lowest BCUT2D eigenvalue weighted by Crippen LogP contribution is -2.23. The fourth-order valence-corrected chi connectivity index (χ4v) is 3.03. The van der Waals surface area contributed by atoms with E-state index in [0.29, 0.717) is 5.03 Å². The highest BCUT2D eigenvalue weighted by atomic mass is 32.2. The molecule has 1 amide bonds. The van der Waals surface area contributed by atoms with Gasteiger partial charge in [0, 0.05) is 5.39 Å². The number of pyridine rings is 1. The van der Waals surface area contributed by atoms with E-state index in [4.69, 9.17) is 0 Å². The summed E-state index contributed by atoms with van der Waals surface area (Å²) in [5.41, 5.74) is 0.398. The SMILES string of the molecule is C[C@@H](Sc1ccc2ccccc2n1)C(=O)Nc1ccc(F)c(F)c1F. The number of anilines is 1. The highest BCUT2D eigenvalue weighted by Crippen LogP contribution is 2.26. The lowest BCUT2D eigenvalue weighted by Gasteiger charge is -2.12. The van der Waals surface area contributed by atoms with Gasteiger partial charge in [-0.3, -0.25) is 4.79 Å². The molecule has 0 saturated carbocycles. The number of aromatic nitrogens is 1. The van der Waals surface area contributed by atoms with E-state index in [1.54, 1.807) is 13.0 Å². The first kappa shape index (κ1) is 17.3. The zero-order chi connectivity index (χ0) is 18.0. The van der Waals surface area contributed by atoms with Crippen molar-refractivity contribution >= 4 is 34.3 Å². The molecule has 3 nitrogen and oxygen atoms in total. The maximum absolute atomic E-state index is 13.6. The van der Waals surface area contributed by atoms with Crippen molar-refractivity contribution in [3.05, 3.63) is 66.0 Å². The lowest BCUT2D eigenvalue weighted by atomic mass is 10.2. The van der Waals surface area contributed by atoms with E-state index in [1.165, 1.54) is 11.8 Å². The molecule has 1 heterocycles. The van der Waals surface area contributed by atoms with Crippen molar-refractivity contribution < 1.29 is 18.0 Å². The second-order valence-electron chi connectivity index (χ2n) is 5.31. The van der Waals surface area contributed by atoms with Crippen LogP contribution in [0.25, 0.3) is 10.9 Å². The molecular formula is C18H13F3N2OS.